The van der Waals surface area contributed by atoms with Crippen molar-refractivity contribution in [2.24, 2.45) is 5.92 Å². The molecule has 3 aromatic rings. The maximum absolute atomic E-state index is 13.1. The summed E-state index contributed by atoms with van der Waals surface area (Å²) in [5.41, 5.74) is 3.73. The maximum atomic E-state index is 13.1. The van der Waals surface area contributed by atoms with Gasteiger partial charge >= 0.3 is 0 Å². The number of aromatic amines is 1. The predicted molar refractivity (Wildman–Crippen MR) is 126 cm³/mol. The lowest BCUT2D eigenvalue weighted by atomic mass is 9.93. The van der Waals surface area contributed by atoms with Crippen LogP contribution >= 0.6 is 0 Å². The molecule has 0 spiro atoms. The summed E-state index contributed by atoms with van der Waals surface area (Å²) in [6, 6.07) is 16.0. The zero-order valence-electron chi connectivity index (χ0n) is 19.0. The molecule has 1 aliphatic heterocycles. The van der Waals surface area contributed by atoms with Gasteiger partial charge in [-0.2, -0.15) is 0 Å². The lowest BCUT2D eigenvalue weighted by Gasteiger charge is -2.33. The number of carbonyl (C=O) groups is 2. The van der Waals surface area contributed by atoms with E-state index in [-0.39, 0.29) is 17.7 Å². The summed E-state index contributed by atoms with van der Waals surface area (Å²) in [6.45, 7) is 4.05. The first-order valence-electron chi connectivity index (χ1n) is 11.5. The Morgan fingerprint density at radius 1 is 1.19 bits per heavy atom. The van der Waals surface area contributed by atoms with Crippen LogP contribution in [0.3, 0.4) is 0 Å². The smallest absolute Gasteiger partial charge is 0.253 e. The normalized spacial score (nSPS) is 16.3. The van der Waals surface area contributed by atoms with Gasteiger partial charge in [0.2, 0.25) is 5.91 Å². The Bertz CT molecular complexity index is 1080. The van der Waals surface area contributed by atoms with Crippen LogP contribution in [0.5, 0.6) is 0 Å². The van der Waals surface area contributed by atoms with Gasteiger partial charge in [0.1, 0.15) is 5.82 Å². The van der Waals surface area contributed by atoms with Gasteiger partial charge in [0.05, 0.1) is 11.0 Å². The summed E-state index contributed by atoms with van der Waals surface area (Å²) in [7, 11) is 1.89. The van der Waals surface area contributed by atoms with Crippen LogP contribution in [0.25, 0.3) is 11.0 Å². The zero-order valence-corrected chi connectivity index (χ0v) is 19.0. The minimum atomic E-state index is 0.0347. The number of likely N-dealkylation sites (tertiary alicyclic amines) is 1. The third-order valence-corrected chi connectivity index (χ3v) is 6.34. The van der Waals surface area contributed by atoms with Gasteiger partial charge in [-0.25, -0.2) is 4.98 Å². The van der Waals surface area contributed by atoms with Crippen molar-refractivity contribution in [1.82, 2.24) is 19.8 Å². The molecule has 168 valence electrons. The van der Waals surface area contributed by atoms with E-state index < -0.39 is 0 Å². The van der Waals surface area contributed by atoms with Crippen molar-refractivity contribution >= 4 is 22.8 Å². The number of aryl methyl sites for hydroxylation is 2. The van der Waals surface area contributed by atoms with E-state index in [9.17, 15) is 9.59 Å². The molecular weight excluding hydrogens is 400 g/mol. The van der Waals surface area contributed by atoms with Crippen LogP contribution in [0, 0.1) is 12.8 Å². The van der Waals surface area contributed by atoms with Gasteiger partial charge < -0.3 is 14.8 Å². The topological polar surface area (TPSA) is 69.3 Å². The summed E-state index contributed by atoms with van der Waals surface area (Å²) in [5, 5.41) is 0. The Balaban J connectivity index is 1.28. The monoisotopic (exact) mass is 432 g/mol. The first-order chi connectivity index (χ1) is 15.5. The number of H-pyrrole nitrogens is 1. The second-order valence-electron chi connectivity index (χ2n) is 8.92. The number of nitrogens with zero attached hydrogens (tertiary/aromatic N) is 3. The number of benzene rings is 2. The highest BCUT2D eigenvalue weighted by Gasteiger charge is 2.27. The lowest BCUT2D eigenvalue weighted by Crippen LogP contribution is -2.41. The fraction of sp³-hybridized carbons (Fsp3) is 0.423. The van der Waals surface area contributed by atoms with Crippen LogP contribution in [0.4, 0.5) is 0 Å². The molecule has 0 aliphatic carbocycles. The Hall–Kier alpha value is -3.15. The van der Waals surface area contributed by atoms with Crippen LogP contribution in [0.2, 0.25) is 0 Å². The molecule has 2 heterocycles. The van der Waals surface area contributed by atoms with E-state index in [1.54, 1.807) is 0 Å². The number of rotatable bonds is 7. The number of nitrogens with one attached hydrogen (secondary N) is 1. The quantitative estimate of drug-likeness (QED) is 0.608. The molecule has 0 unspecified atom stereocenters. The Morgan fingerprint density at radius 3 is 2.81 bits per heavy atom. The van der Waals surface area contributed by atoms with E-state index in [0.29, 0.717) is 18.5 Å². The zero-order chi connectivity index (χ0) is 22.5. The van der Waals surface area contributed by atoms with E-state index in [2.05, 4.69) is 34.2 Å². The second-order valence-corrected chi connectivity index (χ2v) is 8.92. The van der Waals surface area contributed by atoms with E-state index >= 15 is 0 Å². The van der Waals surface area contributed by atoms with Gasteiger partial charge in [-0.05, 0) is 62.3 Å². The largest absolute Gasteiger partial charge is 0.346 e. The highest BCUT2D eigenvalue weighted by molar-refractivity contribution is 5.97. The van der Waals surface area contributed by atoms with Crippen molar-refractivity contribution in [3.05, 3.63) is 65.5 Å². The molecule has 32 heavy (non-hydrogen) atoms. The van der Waals surface area contributed by atoms with E-state index in [4.69, 9.17) is 0 Å². The first-order valence-corrected chi connectivity index (χ1v) is 11.5. The number of hydrogen-bond donors (Lipinski definition) is 1. The molecule has 1 N–H and O–H groups in total. The highest BCUT2D eigenvalue weighted by Crippen LogP contribution is 2.23. The average molecular weight is 433 g/mol. The number of imidazole rings is 1. The van der Waals surface area contributed by atoms with Crippen molar-refractivity contribution in [3.63, 3.8) is 0 Å². The fourth-order valence-electron chi connectivity index (χ4n) is 4.56. The summed E-state index contributed by atoms with van der Waals surface area (Å²) >= 11 is 0. The summed E-state index contributed by atoms with van der Waals surface area (Å²) in [5.74, 6) is 1.27. The van der Waals surface area contributed by atoms with Crippen molar-refractivity contribution < 1.29 is 9.59 Å². The molecule has 0 saturated carbocycles. The molecule has 1 aliphatic rings. The molecule has 0 bridgehead atoms. The minimum Gasteiger partial charge on any atom is -0.346 e. The number of aromatic nitrogens is 2. The molecule has 6 heteroatoms. The summed E-state index contributed by atoms with van der Waals surface area (Å²) < 4.78 is 0. The van der Waals surface area contributed by atoms with Gasteiger partial charge in [0.15, 0.2) is 0 Å². The molecule has 0 radical (unpaired) electrons. The number of carbonyl (C=O) groups excluding carboxylic acids is 2. The van der Waals surface area contributed by atoms with Crippen molar-refractivity contribution in [1.29, 1.82) is 0 Å². The van der Waals surface area contributed by atoms with Gasteiger partial charge in [-0.1, -0.05) is 30.3 Å². The SMILES string of the molecule is Cc1nc2ccc(C(=O)N3CCC[C@@H](CC(=O)N(C)CCCc4ccccc4)C3)cc2[nH]1. The van der Waals surface area contributed by atoms with Crippen molar-refractivity contribution in [2.45, 2.75) is 39.0 Å². The highest BCUT2D eigenvalue weighted by atomic mass is 16.2. The summed E-state index contributed by atoms with van der Waals surface area (Å²) in [4.78, 5) is 37.2. The molecule has 4 rings (SSSR count). The van der Waals surface area contributed by atoms with Gasteiger partial charge in [0, 0.05) is 38.7 Å². The summed E-state index contributed by atoms with van der Waals surface area (Å²) in [6.07, 6.45) is 4.37. The maximum Gasteiger partial charge on any atom is 0.253 e. The Morgan fingerprint density at radius 2 is 2.00 bits per heavy atom. The lowest BCUT2D eigenvalue weighted by molar-refractivity contribution is -0.131. The van der Waals surface area contributed by atoms with Crippen LogP contribution in [-0.4, -0.2) is 58.3 Å². The Labute approximate surface area is 189 Å². The second kappa shape index (κ2) is 9.98. The third-order valence-electron chi connectivity index (χ3n) is 6.34. The molecule has 1 aromatic heterocycles. The molecule has 1 atom stereocenters. The third kappa shape index (κ3) is 5.36. The average Bonchev–Trinajstić information content (AvgIpc) is 3.18. The van der Waals surface area contributed by atoms with Crippen LogP contribution in [0.15, 0.2) is 48.5 Å². The molecule has 6 nitrogen and oxygen atoms in total. The van der Waals surface area contributed by atoms with E-state index in [1.807, 2.05) is 48.0 Å². The van der Waals surface area contributed by atoms with Gasteiger partial charge in [-0.3, -0.25) is 9.59 Å². The molecule has 2 aromatic carbocycles. The molecular formula is C26H32N4O2. The number of hydrogen-bond acceptors (Lipinski definition) is 3. The number of piperidine rings is 1. The van der Waals surface area contributed by atoms with Crippen LogP contribution < -0.4 is 0 Å². The molecule has 1 saturated heterocycles. The van der Waals surface area contributed by atoms with E-state index in [1.165, 1.54) is 5.56 Å². The van der Waals surface area contributed by atoms with Crippen molar-refractivity contribution in [2.75, 3.05) is 26.7 Å². The fourth-order valence-corrected chi connectivity index (χ4v) is 4.56. The molecule has 2 amide bonds. The predicted octanol–water partition coefficient (Wildman–Crippen LogP) is 4.20. The first kappa shape index (κ1) is 22.1. The van der Waals surface area contributed by atoms with Gasteiger partial charge in [-0.15, -0.1) is 0 Å². The standard InChI is InChI=1S/C26H32N4O2/c1-19-27-23-13-12-22(17-24(23)28-19)26(32)30-15-7-11-21(18-30)16-25(31)29(2)14-6-10-20-8-4-3-5-9-20/h3-5,8-9,12-13,17,21H,6-7,10-11,14-16,18H2,1-2H3,(H,27,28)/t21-/m0/s1. The van der Waals surface area contributed by atoms with E-state index in [0.717, 1.165) is 55.6 Å². The molecule has 1 fully saturated rings. The number of fused-ring (bicyclic) bond motifs is 1. The van der Waals surface area contributed by atoms with Crippen molar-refractivity contribution in [3.8, 4) is 0 Å². The number of amides is 2. The van der Waals surface area contributed by atoms with Gasteiger partial charge in [0.25, 0.3) is 5.91 Å². The minimum absolute atomic E-state index is 0.0347. The van der Waals surface area contributed by atoms with Crippen LogP contribution in [0.1, 0.15) is 47.4 Å². The van der Waals surface area contributed by atoms with Crippen LogP contribution in [-0.2, 0) is 11.2 Å². The Kier molecular flexibility index (Phi) is 6.88.